The first kappa shape index (κ1) is 22.3. The van der Waals surface area contributed by atoms with Crippen LogP contribution in [-0.2, 0) is 12.7 Å². The third-order valence-corrected chi connectivity index (χ3v) is 5.64. The molecule has 4 N–H and O–H groups in total. The first-order valence-corrected chi connectivity index (χ1v) is 10.3. The molecular formula is C24H22F3N5O. The van der Waals surface area contributed by atoms with Gasteiger partial charge in [0.05, 0.1) is 5.56 Å². The van der Waals surface area contributed by atoms with Crippen LogP contribution in [0.15, 0.2) is 54.7 Å². The molecular weight excluding hydrogens is 431 g/mol. The summed E-state index contributed by atoms with van der Waals surface area (Å²) in [6.07, 6.45) is -1.67. The van der Waals surface area contributed by atoms with Crippen molar-refractivity contribution in [2.45, 2.75) is 25.6 Å². The second-order valence-electron chi connectivity index (χ2n) is 8.05. The zero-order valence-electron chi connectivity index (χ0n) is 17.8. The van der Waals surface area contributed by atoms with Crippen LogP contribution < -0.4 is 16.0 Å². The Labute approximate surface area is 188 Å². The van der Waals surface area contributed by atoms with Crippen LogP contribution in [0.4, 0.5) is 30.4 Å². The summed E-state index contributed by atoms with van der Waals surface area (Å²) >= 11 is 0. The number of nitrogens with zero attached hydrogens (tertiary/aromatic N) is 2. The molecule has 0 radical (unpaired) electrons. The van der Waals surface area contributed by atoms with E-state index in [0.29, 0.717) is 17.7 Å². The van der Waals surface area contributed by atoms with Gasteiger partial charge in [-0.2, -0.15) is 13.2 Å². The fourth-order valence-corrected chi connectivity index (χ4v) is 3.99. The highest BCUT2D eigenvalue weighted by Gasteiger charge is 2.31. The van der Waals surface area contributed by atoms with Gasteiger partial charge in [-0.3, -0.25) is 4.79 Å². The number of alkyl halides is 3. The van der Waals surface area contributed by atoms with Crippen molar-refractivity contribution in [3.8, 4) is 0 Å². The largest absolute Gasteiger partial charge is 0.416 e. The van der Waals surface area contributed by atoms with E-state index >= 15 is 0 Å². The van der Waals surface area contributed by atoms with Crippen molar-refractivity contribution in [3.63, 3.8) is 0 Å². The maximum atomic E-state index is 13.0. The number of nitrogen functional groups attached to an aromatic ring is 1. The summed E-state index contributed by atoms with van der Waals surface area (Å²) in [5.41, 5.74) is 8.75. The highest BCUT2D eigenvalue weighted by Crippen LogP contribution is 2.38. The Kier molecular flexibility index (Phi) is 5.80. The summed E-state index contributed by atoms with van der Waals surface area (Å²) in [7, 11) is 0. The number of nitrogens with two attached hydrogens (primary N) is 1. The molecule has 1 atom stereocenters. The first-order chi connectivity index (χ1) is 15.7. The Balaban J connectivity index is 1.57. The summed E-state index contributed by atoms with van der Waals surface area (Å²) in [5.74, 6) is 0.0406. The van der Waals surface area contributed by atoms with E-state index in [2.05, 4.69) is 22.1 Å². The molecule has 9 heteroatoms. The second-order valence-corrected chi connectivity index (χ2v) is 8.05. The number of benzene rings is 2. The van der Waals surface area contributed by atoms with Crippen molar-refractivity contribution in [3.05, 3.63) is 82.5 Å². The van der Waals surface area contributed by atoms with Crippen LogP contribution in [0.2, 0.25) is 0 Å². The SMILES string of the molecule is CC1CN(Cc2cnc(N)c(C=N)c2)c2cc(C(=O)Nc3cccc(C(F)(F)F)c3)ccc21. The van der Waals surface area contributed by atoms with Gasteiger partial charge in [0.1, 0.15) is 5.82 Å². The van der Waals surface area contributed by atoms with Gasteiger partial charge < -0.3 is 21.4 Å². The number of rotatable bonds is 5. The van der Waals surface area contributed by atoms with Crippen molar-refractivity contribution in [2.75, 3.05) is 22.5 Å². The van der Waals surface area contributed by atoms with E-state index in [9.17, 15) is 18.0 Å². The summed E-state index contributed by atoms with van der Waals surface area (Å²) in [6, 6.07) is 11.7. The van der Waals surface area contributed by atoms with Gasteiger partial charge >= 0.3 is 6.18 Å². The maximum absolute atomic E-state index is 13.0. The minimum absolute atomic E-state index is 0.0765. The Morgan fingerprint density at radius 2 is 2.06 bits per heavy atom. The van der Waals surface area contributed by atoms with E-state index in [1.54, 1.807) is 18.3 Å². The second kappa shape index (κ2) is 8.57. The van der Waals surface area contributed by atoms with Gasteiger partial charge in [-0.05, 0) is 47.5 Å². The van der Waals surface area contributed by atoms with Crippen LogP contribution in [0.1, 0.15) is 45.5 Å². The Morgan fingerprint density at radius 1 is 1.27 bits per heavy atom. The smallest absolute Gasteiger partial charge is 0.383 e. The number of amides is 1. The third kappa shape index (κ3) is 4.67. The molecule has 0 fully saturated rings. The highest BCUT2D eigenvalue weighted by atomic mass is 19.4. The highest BCUT2D eigenvalue weighted by molar-refractivity contribution is 6.05. The van der Waals surface area contributed by atoms with Crippen LogP contribution in [0.25, 0.3) is 0 Å². The standard InChI is InChI=1S/C24H22F3N5O/c1-14-12-32(13-15-7-17(10-28)22(29)30-11-15)21-8-16(5-6-20(14)21)23(33)31-19-4-2-3-18(9-19)24(25,26)27/h2-11,14,28H,12-13H2,1H3,(H2,29,30)(H,31,33). The Hall–Kier alpha value is -3.88. The summed E-state index contributed by atoms with van der Waals surface area (Å²) in [6.45, 7) is 3.34. The number of fused-ring (bicyclic) bond motifs is 1. The predicted octanol–water partition coefficient (Wildman–Crippen LogP) is 5.06. The molecule has 0 saturated carbocycles. The summed E-state index contributed by atoms with van der Waals surface area (Å²) in [5, 5.41) is 10.0. The minimum atomic E-state index is -4.49. The summed E-state index contributed by atoms with van der Waals surface area (Å²) < 4.78 is 38.9. The van der Waals surface area contributed by atoms with Gasteiger partial charge in [0.25, 0.3) is 5.91 Å². The molecule has 6 nitrogen and oxygen atoms in total. The lowest BCUT2D eigenvalue weighted by atomic mass is 10.0. The molecule has 0 saturated heterocycles. The molecule has 0 spiro atoms. The summed E-state index contributed by atoms with van der Waals surface area (Å²) in [4.78, 5) is 19.0. The molecule has 0 bridgehead atoms. The normalized spacial score (nSPS) is 15.3. The average molecular weight is 453 g/mol. The molecule has 2 heterocycles. The minimum Gasteiger partial charge on any atom is -0.383 e. The lowest BCUT2D eigenvalue weighted by Gasteiger charge is -2.20. The topological polar surface area (TPSA) is 95.1 Å². The first-order valence-electron chi connectivity index (χ1n) is 10.3. The van der Waals surface area contributed by atoms with E-state index in [1.165, 1.54) is 12.1 Å². The van der Waals surface area contributed by atoms with Gasteiger partial charge in [-0.25, -0.2) is 4.98 Å². The zero-order valence-corrected chi connectivity index (χ0v) is 17.8. The number of aromatic nitrogens is 1. The number of hydrogen-bond acceptors (Lipinski definition) is 5. The Morgan fingerprint density at radius 3 is 2.79 bits per heavy atom. The van der Waals surface area contributed by atoms with Gasteiger partial charge in [0, 0.05) is 53.9 Å². The van der Waals surface area contributed by atoms with Gasteiger partial charge in [-0.15, -0.1) is 0 Å². The van der Waals surface area contributed by atoms with E-state index in [1.807, 2.05) is 12.1 Å². The van der Waals surface area contributed by atoms with Gasteiger partial charge in [0.15, 0.2) is 0 Å². The van der Waals surface area contributed by atoms with E-state index in [0.717, 1.165) is 41.7 Å². The molecule has 1 aliphatic rings. The van der Waals surface area contributed by atoms with Crippen molar-refractivity contribution in [1.82, 2.24) is 4.98 Å². The molecule has 4 rings (SSSR count). The van der Waals surface area contributed by atoms with Gasteiger partial charge in [-0.1, -0.05) is 19.1 Å². The monoisotopic (exact) mass is 453 g/mol. The van der Waals surface area contributed by atoms with Crippen LogP contribution in [0.3, 0.4) is 0 Å². The molecule has 3 aromatic rings. The van der Waals surface area contributed by atoms with Crippen molar-refractivity contribution in [1.29, 1.82) is 5.41 Å². The lowest BCUT2D eigenvalue weighted by molar-refractivity contribution is -0.137. The lowest BCUT2D eigenvalue weighted by Crippen LogP contribution is -2.21. The number of hydrogen-bond donors (Lipinski definition) is 3. The molecule has 0 aliphatic carbocycles. The fourth-order valence-electron chi connectivity index (χ4n) is 3.99. The molecule has 2 aromatic carbocycles. The van der Waals surface area contributed by atoms with Crippen LogP contribution in [0.5, 0.6) is 0 Å². The molecule has 1 aromatic heterocycles. The van der Waals surface area contributed by atoms with Crippen LogP contribution >= 0.6 is 0 Å². The number of anilines is 3. The van der Waals surface area contributed by atoms with E-state index in [-0.39, 0.29) is 17.4 Å². The van der Waals surface area contributed by atoms with Crippen molar-refractivity contribution < 1.29 is 18.0 Å². The molecule has 1 aliphatic heterocycles. The zero-order chi connectivity index (χ0) is 23.8. The fraction of sp³-hybridized carbons (Fsp3) is 0.208. The van der Waals surface area contributed by atoms with Crippen molar-refractivity contribution >= 4 is 29.3 Å². The predicted molar refractivity (Wildman–Crippen MR) is 122 cm³/mol. The average Bonchev–Trinajstić information content (AvgIpc) is 3.09. The third-order valence-electron chi connectivity index (χ3n) is 5.64. The molecule has 1 unspecified atom stereocenters. The van der Waals surface area contributed by atoms with E-state index in [4.69, 9.17) is 11.1 Å². The molecule has 33 heavy (non-hydrogen) atoms. The number of carbonyl (C=O) groups excluding carboxylic acids is 1. The number of halogens is 3. The van der Waals surface area contributed by atoms with Gasteiger partial charge in [0.2, 0.25) is 0 Å². The molecule has 1 amide bonds. The number of pyridine rings is 1. The molecule has 170 valence electrons. The maximum Gasteiger partial charge on any atom is 0.416 e. The van der Waals surface area contributed by atoms with E-state index < -0.39 is 17.6 Å². The Bertz CT molecular complexity index is 1220. The number of carbonyl (C=O) groups is 1. The van der Waals surface area contributed by atoms with Crippen LogP contribution in [-0.4, -0.2) is 23.7 Å². The quantitative estimate of drug-likeness (QED) is 0.471. The van der Waals surface area contributed by atoms with Crippen molar-refractivity contribution in [2.24, 2.45) is 0 Å². The number of nitrogens with one attached hydrogen (secondary N) is 2. The van der Waals surface area contributed by atoms with Crippen LogP contribution in [0, 0.1) is 5.41 Å².